The first-order chi connectivity index (χ1) is 23.3. The highest BCUT2D eigenvalue weighted by Gasteiger charge is 2.45. The van der Waals surface area contributed by atoms with Crippen LogP contribution in [0.2, 0.25) is 0 Å². The van der Waals surface area contributed by atoms with E-state index in [2.05, 4.69) is 20.1 Å². The maximum atomic E-state index is 15.1. The lowest BCUT2D eigenvalue weighted by molar-refractivity contribution is -0.149. The highest BCUT2D eigenvalue weighted by molar-refractivity contribution is 5.89. The first kappa shape index (κ1) is 32.7. The minimum Gasteiger partial charge on any atom is -0.480 e. The molecule has 7 rings (SSSR count). The number of imidazole rings is 1. The summed E-state index contributed by atoms with van der Waals surface area (Å²) in [4.78, 5) is 22.9. The van der Waals surface area contributed by atoms with Crippen LogP contribution in [0, 0.1) is 0 Å². The Morgan fingerprint density at radius 2 is 1.73 bits per heavy atom. The average Bonchev–Trinajstić information content (AvgIpc) is 3.71. The molecule has 0 bridgehead atoms. The van der Waals surface area contributed by atoms with E-state index in [0.29, 0.717) is 24.3 Å². The molecule has 1 saturated heterocycles. The van der Waals surface area contributed by atoms with Crippen LogP contribution < -0.4 is 9.64 Å². The third-order valence-corrected chi connectivity index (χ3v) is 8.77. The number of halogens is 6. The van der Waals surface area contributed by atoms with E-state index in [1.807, 2.05) is 0 Å². The van der Waals surface area contributed by atoms with Gasteiger partial charge in [0, 0.05) is 38.4 Å². The molecule has 0 N–H and O–H groups in total. The largest absolute Gasteiger partial charge is 0.480 e. The summed E-state index contributed by atoms with van der Waals surface area (Å²) in [6.45, 7) is 0.505. The predicted molar refractivity (Wildman–Crippen MR) is 165 cm³/mol. The van der Waals surface area contributed by atoms with Gasteiger partial charge in [-0.3, -0.25) is 0 Å². The van der Waals surface area contributed by atoms with Crippen LogP contribution in [0.5, 0.6) is 5.88 Å². The van der Waals surface area contributed by atoms with Gasteiger partial charge in [0.15, 0.2) is 29.4 Å². The standard InChI is InChI=1S/C32H31F6N9O2/c1-45-15-21(31(33,34)35)42-27(45)19-11-9-18(10-12-19)25(32(36,37)38)46(2)28-20-14-41-47(22-6-4-5-13-49-22)29(20)44-26(43-28)23-24(17-7-8-17)39-16-40-30(23)48-3/h9-12,14-17,22,25H,4-8,13H2,1-3H3/t22?,25-/m1/s1. The molecule has 1 unspecified atom stereocenters. The number of anilines is 1. The lowest BCUT2D eigenvalue weighted by atomic mass is 10.0. The molecule has 1 aliphatic heterocycles. The average molecular weight is 688 g/mol. The van der Waals surface area contributed by atoms with Crippen molar-refractivity contribution in [3.8, 4) is 28.7 Å². The number of aromatic nitrogens is 8. The first-order valence-corrected chi connectivity index (χ1v) is 15.6. The lowest BCUT2D eigenvalue weighted by Gasteiger charge is -2.32. The maximum absolute atomic E-state index is 15.1. The number of rotatable bonds is 8. The fraction of sp³-hybridized carbons (Fsp3) is 0.438. The van der Waals surface area contributed by atoms with E-state index in [9.17, 15) is 13.2 Å². The van der Waals surface area contributed by atoms with E-state index in [-0.39, 0.29) is 51.4 Å². The Morgan fingerprint density at radius 3 is 2.35 bits per heavy atom. The van der Waals surface area contributed by atoms with Crippen molar-refractivity contribution in [1.29, 1.82) is 0 Å². The van der Waals surface area contributed by atoms with Gasteiger partial charge in [-0.05, 0) is 37.7 Å². The van der Waals surface area contributed by atoms with Crippen LogP contribution in [-0.2, 0) is 18.0 Å². The number of fused-ring (bicyclic) bond motifs is 1. The smallest absolute Gasteiger partial charge is 0.434 e. The molecule has 0 amide bonds. The molecule has 5 heterocycles. The van der Waals surface area contributed by atoms with Gasteiger partial charge in [0.25, 0.3) is 0 Å². The van der Waals surface area contributed by atoms with Gasteiger partial charge in [0.2, 0.25) is 5.88 Å². The third kappa shape index (κ3) is 6.15. The molecule has 1 aromatic carbocycles. The van der Waals surface area contributed by atoms with E-state index in [1.54, 1.807) is 4.68 Å². The Hall–Kier alpha value is -4.80. The van der Waals surface area contributed by atoms with Gasteiger partial charge in [-0.2, -0.15) is 31.4 Å². The molecule has 17 heteroatoms. The summed E-state index contributed by atoms with van der Waals surface area (Å²) >= 11 is 0. The first-order valence-electron chi connectivity index (χ1n) is 15.6. The van der Waals surface area contributed by atoms with Crippen molar-refractivity contribution in [2.75, 3.05) is 25.7 Å². The van der Waals surface area contributed by atoms with Gasteiger partial charge in [0.05, 0.1) is 24.4 Å². The van der Waals surface area contributed by atoms with Crippen LogP contribution >= 0.6 is 0 Å². The Morgan fingerprint density at radius 1 is 0.980 bits per heavy atom. The van der Waals surface area contributed by atoms with Crippen molar-refractivity contribution in [2.24, 2.45) is 7.05 Å². The van der Waals surface area contributed by atoms with E-state index in [1.165, 1.54) is 62.6 Å². The van der Waals surface area contributed by atoms with Crippen molar-refractivity contribution in [3.05, 3.63) is 59.9 Å². The van der Waals surface area contributed by atoms with E-state index in [0.717, 1.165) is 36.8 Å². The summed E-state index contributed by atoms with van der Waals surface area (Å²) in [5.74, 6) is 0.278. The number of methoxy groups -OCH3 is 1. The number of alkyl halides is 6. The minimum absolute atomic E-state index is 0.0409. The zero-order chi connectivity index (χ0) is 34.7. The van der Waals surface area contributed by atoms with Crippen LogP contribution in [0.15, 0.2) is 43.0 Å². The van der Waals surface area contributed by atoms with Crippen LogP contribution in [-0.4, -0.2) is 66.2 Å². The summed E-state index contributed by atoms with van der Waals surface area (Å²) in [5, 5.41) is 4.77. The van der Waals surface area contributed by atoms with E-state index >= 15 is 13.2 Å². The molecule has 258 valence electrons. The second-order valence-electron chi connectivity index (χ2n) is 12.2. The molecule has 1 aliphatic carbocycles. The zero-order valence-electron chi connectivity index (χ0n) is 26.6. The van der Waals surface area contributed by atoms with E-state index in [4.69, 9.17) is 19.4 Å². The molecule has 1 saturated carbocycles. The molecule has 5 aromatic rings. The molecule has 0 radical (unpaired) electrons. The third-order valence-electron chi connectivity index (χ3n) is 8.77. The Labute approximate surface area is 275 Å². The fourth-order valence-electron chi connectivity index (χ4n) is 6.27. The lowest BCUT2D eigenvalue weighted by Crippen LogP contribution is -2.36. The summed E-state index contributed by atoms with van der Waals surface area (Å²) in [7, 11) is 4.10. The topological polar surface area (TPSA) is 109 Å². The van der Waals surface area contributed by atoms with Gasteiger partial charge in [-0.15, -0.1) is 0 Å². The zero-order valence-corrected chi connectivity index (χ0v) is 26.6. The number of hydrogen-bond acceptors (Lipinski definition) is 9. The number of ether oxygens (including phenoxy) is 2. The summed E-state index contributed by atoms with van der Waals surface area (Å²) < 4.78 is 99.3. The monoisotopic (exact) mass is 687 g/mol. The normalized spacial score (nSPS) is 17.8. The summed E-state index contributed by atoms with van der Waals surface area (Å²) in [5.41, 5.74) is 0.260. The Kier molecular flexibility index (Phi) is 8.19. The maximum Gasteiger partial charge on any atom is 0.434 e. The highest BCUT2D eigenvalue weighted by Crippen LogP contribution is 2.47. The molecule has 4 aromatic heterocycles. The molecule has 11 nitrogen and oxygen atoms in total. The summed E-state index contributed by atoms with van der Waals surface area (Å²) in [6.07, 6.45) is -2.18. The number of benzene rings is 1. The fourth-order valence-corrected chi connectivity index (χ4v) is 6.27. The Balaban J connectivity index is 1.36. The second kappa shape index (κ2) is 12.3. The summed E-state index contributed by atoms with van der Waals surface area (Å²) in [6, 6.07) is 2.87. The van der Waals surface area contributed by atoms with Gasteiger partial charge in [0.1, 0.15) is 23.5 Å². The van der Waals surface area contributed by atoms with Crippen LogP contribution in [0.3, 0.4) is 0 Å². The molecule has 2 atom stereocenters. The molecule has 2 aliphatic rings. The van der Waals surface area contributed by atoms with Crippen molar-refractivity contribution < 1.29 is 35.8 Å². The number of aryl methyl sites for hydroxylation is 1. The minimum atomic E-state index is -4.81. The molecule has 0 spiro atoms. The van der Waals surface area contributed by atoms with E-state index < -0.39 is 30.3 Å². The van der Waals surface area contributed by atoms with Crippen molar-refractivity contribution in [3.63, 3.8) is 0 Å². The van der Waals surface area contributed by atoms with Crippen LogP contribution in [0.4, 0.5) is 32.2 Å². The van der Waals surface area contributed by atoms with Gasteiger partial charge in [-0.1, -0.05) is 24.3 Å². The number of nitrogens with zero attached hydrogens (tertiary/aromatic N) is 9. The molecule has 49 heavy (non-hydrogen) atoms. The molecular formula is C32H31F6N9O2. The van der Waals surface area contributed by atoms with Crippen molar-refractivity contribution >= 4 is 16.9 Å². The molecule has 2 fully saturated rings. The SMILES string of the molecule is COc1ncnc(C2CC2)c1-c1nc(N(C)[C@H](c2ccc(-c3nc(C(F)(F)F)cn3C)cc2)C(F)(F)F)c2cnn(C3CCCCO3)c2n1. The van der Waals surface area contributed by atoms with Crippen LogP contribution in [0.1, 0.15) is 67.2 Å². The number of hydrogen-bond donors (Lipinski definition) is 0. The van der Waals surface area contributed by atoms with Crippen molar-refractivity contribution in [1.82, 2.24) is 39.3 Å². The van der Waals surface area contributed by atoms with Gasteiger partial charge in [-0.25, -0.2) is 29.6 Å². The molecular weight excluding hydrogens is 656 g/mol. The van der Waals surface area contributed by atoms with Gasteiger partial charge < -0.3 is 18.9 Å². The van der Waals surface area contributed by atoms with Gasteiger partial charge >= 0.3 is 12.4 Å². The Bertz CT molecular complexity index is 1980. The van der Waals surface area contributed by atoms with Crippen LogP contribution in [0.25, 0.3) is 33.8 Å². The quantitative estimate of drug-likeness (QED) is 0.159. The second-order valence-corrected chi connectivity index (χ2v) is 12.2. The predicted octanol–water partition coefficient (Wildman–Crippen LogP) is 7.03. The highest BCUT2D eigenvalue weighted by atomic mass is 19.4. The van der Waals surface area contributed by atoms with Crippen molar-refractivity contribution in [2.45, 2.75) is 62.6 Å².